The summed E-state index contributed by atoms with van der Waals surface area (Å²) in [5.74, 6) is 0.108. The summed E-state index contributed by atoms with van der Waals surface area (Å²) >= 11 is 6.49. The van der Waals surface area contributed by atoms with Crippen LogP contribution in [0.25, 0.3) is 33.6 Å². The van der Waals surface area contributed by atoms with Crippen LogP contribution in [0.1, 0.15) is 27.2 Å². The third-order valence-electron chi connectivity index (χ3n) is 5.31. The number of halogens is 1. The van der Waals surface area contributed by atoms with E-state index in [-0.39, 0.29) is 18.5 Å². The Bertz CT molecular complexity index is 1400. The van der Waals surface area contributed by atoms with Gasteiger partial charge in [-0.2, -0.15) is 5.10 Å². The number of aromatic nitrogens is 6. The Balaban J connectivity index is 1.74. The quantitative estimate of drug-likeness (QED) is 0.331. The predicted molar refractivity (Wildman–Crippen MR) is 136 cm³/mol. The van der Waals surface area contributed by atoms with Crippen LogP contribution >= 0.6 is 11.6 Å². The van der Waals surface area contributed by atoms with Crippen LogP contribution in [0.5, 0.6) is 0 Å². The molecule has 0 spiro atoms. The first kappa shape index (κ1) is 24.2. The van der Waals surface area contributed by atoms with E-state index in [9.17, 15) is 4.79 Å². The second-order valence-corrected chi connectivity index (χ2v) is 8.20. The standard InChI is InChI=1S/C24H27ClN8O2/c1-5-8-20(19(25)6-2)33(14-21(34)26-7-3)24-31-30-23(35-24)18-12-28-22-17(18)9-15(10-27-22)16-11-29-32(4)13-16/h6,8-13H,5,7,14H2,1-4H3,(H,26,34)(H,27,28). The number of rotatable bonds is 9. The molecule has 182 valence electrons. The fourth-order valence-corrected chi connectivity index (χ4v) is 3.85. The fourth-order valence-electron chi connectivity index (χ4n) is 3.67. The van der Waals surface area contributed by atoms with E-state index < -0.39 is 0 Å². The Morgan fingerprint density at radius 3 is 2.80 bits per heavy atom. The molecule has 1 amide bonds. The van der Waals surface area contributed by atoms with Gasteiger partial charge in [-0.1, -0.05) is 35.8 Å². The van der Waals surface area contributed by atoms with Gasteiger partial charge in [-0.15, -0.1) is 5.10 Å². The average Bonchev–Trinajstić information content (AvgIpc) is 3.60. The number of aromatic amines is 1. The van der Waals surface area contributed by atoms with Crippen molar-refractivity contribution in [3.05, 3.63) is 53.7 Å². The molecule has 4 heterocycles. The lowest BCUT2D eigenvalue weighted by Crippen LogP contribution is -2.37. The van der Waals surface area contributed by atoms with Gasteiger partial charge in [0.2, 0.25) is 5.91 Å². The maximum atomic E-state index is 12.5. The van der Waals surface area contributed by atoms with Gasteiger partial charge in [0, 0.05) is 48.7 Å². The van der Waals surface area contributed by atoms with Gasteiger partial charge >= 0.3 is 6.01 Å². The predicted octanol–water partition coefficient (Wildman–Crippen LogP) is 4.39. The number of pyridine rings is 1. The van der Waals surface area contributed by atoms with E-state index in [1.165, 1.54) is 0 Å². The molecule has 0 fully saturated rings. The fraction of sp³-hybridized carbons (Fsp3) is 0.292. The molecule has 0 unspecified atom stereocenters. The number of hydrogen-bond acceptors (Lipinski definition) is 7. The summed E-state index contributed by atoms with van der Waals surface area (Å²) in [6.45, 7) is 6.16. The lowest BCUT2D eigenvalue weighted by atomic mass is 10.1. The van der Waals surface area contributed by atoms with E-state index in [1.807, 2.05) is 46.2 Å². The molecule has 0 saturated heterocycles. The summed E-state index contributed by atoms with van der Waals surface area (Å²) < 4.78 is 7.82. The molecule has 0 aliphatic heterocycles. The van der Waals surface area contributed by atoms with Gasteiger partial charge in [0.05, 0.1) is 22.5 Å². The van der Waals surface area contributed by atoms with Crippen LogP contribution in [0, 0.1) is 0 Å². The first-order valence-corrected chi connectivity index (χ1v) is 11.7. The van der Waals surface area contributed by atoms with Gasteiger partial charge in [0.15, 0.2) is 0 Å². The molecule has 4 rings (SSSR count). The summed E-state index contributed by atoms with van der Waals surface area (Å²) in [5, 5.41) is 16.9. The molecule has 4 aromatic rings. The number of nitrogens with one attached hydrogen (secondary N) is 2. The van der Waals surface area contributed by atoms with E-state index in [2.05, 4.69) is 30.6 Å². The van der Waals surface area contributed by atoms with E-state index in [0.29, 0.717) is 40.8 Å². The number of fused-ring (bicyclic) bond motifs is 1. The van der Waals surface area contributed by atoms with Crippen LogP contribution in [0.2, 0.25) is 0 Å². The summed E-state index contributed by atoms with van der Waals surface area (Å²) in [4.78, 5) is 21.8. The molecule has 0 aliphatic rings. The van der Waals surface area contributed by atoms with E-state index >= 15 is 0 Å². The highest BCUT2D eigenvalue weighted by atomic mass is 35.5. The third-order valence-corrected chi connectivity index (χ3v) is 5.72. The minimum atomic E-state index is -0.188. The summed E-state index contributed by atoms with van der Waals surface area (Å²) in [5.41, 5.74) is 3.88. The number of H-pyrrole nitrogens is 1. The highest BCUT2D eigenvalue weighted by molar-refractivity contribution is 6.32. The van der Waals surface area contributed by atoms with Crippen LogP contribution in [-0.4, -0.2) is 48.9 Å². The molecule has 0 radical (unpaired) electrons. The zero-order valence-corrected chi connectivity index (χ0v) is 20.8. The van der Waals surface area contributed by atoms with Crippen molar-refractivity contribution in [1.82, 2.24) is 35.3 Å². The molecule has 11 heteroatoms. The zero-order valence-electron chi connectivity index (χ0n) is 20.0. The van der Waals surface area contributed by atoms with Crippen molar-refractivity contribution >= 4 is 34.6 Å². The van der Waals surface area contributed by atoms with E-state index in [1.54, 1.807) is 34.2 Å². The van der Waals surface area contributed by atoms with E-state index in [0.717, 1.165) is 16.5 Å². The van der Waals surface area contributed by atoms with Crippen molar-refractivity contribution in [2.24, 2.45) is 7.05 Å². The van der Waals surface area contributed by atoms with Crippen molar-refractivity contribution < 1.29 is 9.21 Å². The average molecular weight is 495 g/mol. The Morgan fingerprint density at radius 2 is 2.11 bits per heavy atom. The maximum Gasteiger partial charge on any atom is 0.323 e. The van der Waals surface area contributed by atoms with Crippen molar-refractivity contribution in [2.45, 2.75) is 27.2 Å². The first-order valence-electron chi connectivity index (χ1n) is 11.3. The highest BCUT2D eigenvalue weighted by Crippen LogP contribution is 2.33. The molecule has 2 N–H and O–H groups in total. The molecular weight excluding hydrogens is 468 g/mol. The number of aryl methyl sites for hydroxylation is 1. The van der Waals surface area contributed by atoms with Crippen molar-refractivity contribution in [1.29, 1.82) is 0 Å². The second-order valence-electron chi connectivity index (χ2n) is 7.79. The lowest BCUT2D eigenvalue weighted by Gasteiger charge is -2.22. The molecule has 0 aromatic carbocycles. The van der Waals surface area contributed by atoms with Gasteiger partial charge in [-0.25, -0.2) is 4.98 Å². The Hall–Kier alpha value is -3.92. The zero-order chi connectivity index (χ0) is 24.9. The second kappa shape index (κ2) is 10.6. The number of carbonyl (C=O) groups excluding carboxylic acids is 1. The number of carbonyl (C=O) groups is 1. The molecule has 0 aliphatic carbocycles. The summed E-state index contributed by atoms with van der Waals surface area (Å²) in [6, 6.07) is 2.16. The highest BCUT2D eigenvalue weighted by Gasteiger charge is 2.24. The largest absolute Gasteiger partial charge is 0.403 e. The monoisotopic (exact) mass is 494 g/mol. The van der Waals surface area contributed by atoms with Crippen LogP contribution in [0.15, 0.2) is 58.2 Å². The van der Waals surface area contributed by atoms with Gasteiger partial charge in [-0.3, -0.25) is 14.4 Å². The molecule has 0 saturated carbocycles. The molecule has 0 atom stereocenters. The number of hydrogen-bond donors (Lipinski definition) is 2. The normalized spacial score (nSPS) is 12.4. The lowest BCUT2D eigenvalue weighted by molar-refractivity contribution is -0.119. The van der Waals surface area contributed by atoms with Crippen LogP contribution in [-0.2, 0) is 11.8 Å². The summed E-state index contributed by atoms with van der Waals surface area (Å²) in [7, 11) is 1.87. The maximum absolute atomic E-state index is 12.5. The Kier molecular flexibility index (Phi) is 7.31. The van der Waals surface area contributed by atoms with Crippen LogP contribution < -0.4 is 10.2 Å². The number of likely N-dealkylation sites (N-methyl/N-ethyl adjacent to an activating group) is 1. The Labute approximate surface area is 207 Å². The van der Waals surface area contributed by atoms with E-state index in [4.69, 9.17) is 16.0 Å². The number of nitrogens with zero attached hydrogens (tertiary/aromatic N) is 6. The van der Waals surface area contributed by atoms with Gasteiger partial charge in [0.1, 0.15) is 12.2 Å². The molecule has 10 nitrogen and oxygen atoms in total. The van der Waals surface area contributed by atoms with Crippen LogP contribution in [0.4, 0.5) is 6.01 Å². The minimum Gasteiger partial charge on any atom is -0.403 e. The first-order chi connectivity index (χ1) is 16.9. The van der Waals surface area contributed by atoms with Crippen molar-refractivity contribution in [3.8, 4) is 22.6 Å². The number of amides is 1. The molecule has 35 heavy (non-hydrogen) atoms. The number of anilines is 1. The minimum absolute atomic E-state index is 0.0219. The van der Waals surface area contributed by atoms with Crippen LogP contribution in [0.3, 0.4) is 0 Å². The van der Waals surface area contributed by atoms with Gasteiger partial charge < -0.3 is 14.7 Å². The van der Waals surface area contributed by atoms with Crippen molar-refractivity contribution in [3.63, 3.8) is 0 Å². The van der Waals surface area contributed by atoms with Crippen molar-refractivity contribution in [2.75, 3.05) is 18.0 Å². The van der Waals surface area contributed by atoms with Gasteiger partial charge in [0.25, 0.3) is 5.89 Å². The molecule has 4 aromatic heterocycles. The smallest absolute Gasteiger partial charge is 0.323 e. The molecule has 0 bridgehead atoms. The topological polar surface area (TPSA) is 118 Å². The van der Waals surface area contributed by atoms with Gasteiger partial charge in [-0.05, 0) is 26.3 Å². The SMILES string of the molecule is CC=C(Cl)C(=CCC)N(CC(=O)NCC)c1nnc(-c2c[nH]c3ncc(-c4cnn(C)c4)cc23)o1. The number of allylic oxidation sites excluding steroid dienone is 3. The third kappa shape index (κ3) is 5.12. The Morgan fingerprint density at radius 1 is 1.29 bits per heavy atom. The summed E-state index contributed by atoms with van der Waals surface area (Å²) in [6.07, 6.45) is 11.7. The molecular formula is C24H27ClN8O2.